The van der Waals surface area contributed by atoms with Crippen molar-refractivity contribution < 1.29 is 4.79 Å². The lowest BCUT2D eigenvalue weighted by Crippen LogP contribution is -2.32. The summed E-state index contributed by atoms with van der Waals surface area (Å²) in [6.07, 6.45) is 7.06. The first-order valence-corrected chi connectivity index (χ1v) is 5.45. The number of rotatable bonds is 3. The fraction of sp³-hybridized carbons (Fsp3) is 0.727. The van der Waals surface area contributed by atoms with Gasteiger partial charge in [-0.25, -0.2) is 4.79 Å². The van der Waals surface area contributed by atoms with Crippen molar-refractivity contribution in [3.05, 3.63) is 11.8 Å². The van der Waals surface area contributed by atoms with Crippen molar-refractivity contribution in [1.82, 2.24) is 10.6 Å². The van der Waals surface area contributed by atoms with Gasteiger partial charge >= 0.3 is 6.03 Å². The van der Waals surface area contributed by atoms with E-state index in [4.69, 9.17) is 0 Å². The van der Waals surface area contributed by atoms with Crippen LogP contribution in [-0.2, 0) is 0 Å². The summed E-state index contributed by atoms with van der Waals surface area (Å²) in [6, 6.07) is -0.107. The number of nitrogens with one attached hydrogen (secondary N) is 2. The molecule has 1 rings (SSSR count). The van der Waals surface area contributed by atoms with Crippen molar-refractivity contribution in [3.8, 4) is 0 Å². The SMILES string of the molecule is CCNC(=O)N/C=C(\C)C1CCCC1. The van der Waals surface area contributed by atoms with E-state index in [1.54, 1.807) is 0 Å². The van der Waals surface area contributed by atoms with Crippen molar-refractivity contribution in [2.45, 2.75) is 39.5 Å². The molecule has 0 aromatic heterocycles. The van der Waals surface area contributed by atoms with Crippen LogP contribution in [0.15, 0.2) is 11.8 Å². The van der Waals surface area contributed by atoms with Gasteiger partial charge in [0.1, 0.15) is 0 Å². The molecule has 80 valence electrons. The Labute approximate surface area is 86.0 Å². The third-order valence-electron chi connectivity index (χ3n) is 2.77. The lowest BCUT2D eigenvalue weighted by molar-refractivity contribution is 0.244. The maximum Gasteiger partial charge on any atom is 0.318 e. The second kappa shape index (κ2) is 5.68. The van der Waals surface area contributed by atoms with E-state index >= 15 is 0 Å². The summed E-state index contributed by atoms with van der Waals surface area (Å²) < 4.78 is 0. The minimum Gasteiger partial charge on any atom is -0.338 e. The van der Waals surface area contributed by atoms with Gasteiger partial charge in [0.2, 0.25) is 0 Å². The Kier molecular flexibility index (Phi) is 4.50. The van der Waals surface area contributed by atoms with Gasteiger partial charge in [0.05, 0.1) is 0 Å². The maximum atomic E-state index is 11.1. The molecule has 3 heteroatoms. The Bertz CT molecular complexity index is 217. The highest BCUT2D eigenvalue weighted by Crippen LogP contribution is 2.30. The molecule has 1 aliphatic carbocycles. The molecule has 1 fully saturated rings. The fourth-order valence-corrected chi connectivity index (χ4v) is 1.89. The topological polar surface area (TPSA) is 41.1 Å². The normalized spacial score (nSPS) is 18.3. The van der Waals surface area contributed by atoms with Crippen LogP contribution < -0.4 is 10.6 Å². The zero-order chi connectivity index (χ0) is 10.4. The highest BCUT2D eigenvalue weighted by atomic mass is 16.2. The highest BCUT2D eigenvalue weighted by Gasteiger charge is 2.16. The molecule has 0 aromatic carbocycles. The standard InChI is InChI=1S/C11H20N2O/c1-3-12-11(14)13-8-9(2)10-6-4-5-7-10/h8,10H,3-7H2,1-2H3,(H2,12,13,14)/b9-8+. The van der Waals surface area contributed by atoms with Gasteiger partial charge in [0.25, 0.3) is 0 Å². The Balaban J connectivity index is 2.31. The molecule has 1 aliphatic rings. The number of amides is 2. The molecule has 0 spiro atoms. The molecule has 0 unspecified atom stereocenters. The molecule has 2 amide bonds. The molecule has 0 bridgehead atoms. The summed E-state index contributed by atoms with van der Waals surface area (Å²) in [5.74, 6) is 0.692. The van der Waals surface area contributed by atoms with E-state index in [1.807, 2.05) is 13.1 Å². The van der Waals surface area contributed by atoms with Gasteiger partial charge in [-0.3, -0.25) is 0 Å². The summed E-state index contributed by atoms with van der Waals surface area (Å²) in [4.78, 5) is 11.1. The summed E-state index contributed by atoms with van der Waals surface area (Å²) in [5, 5.41) is 5.44. The highest BCUT2D eigenvalue weighted by molar-refractivity contribution is 5.74. The van der Waals surface area contributed by atoms with Gasteiger partial charge in [-0.2, -0.15) is 0 Å². The largest absolute Gasteiger partial charge is 0.338 e. The molecule has 1 saturated carbocycles. The van der Waals surface area contributed by atoms with Gasteiger partial charge in [-0.15, -0.1) is 0 Å². The van der Waals surface area contributed by atoms with Crippen LogP contribution in [0.25, 0.3) is 0 Å². The van der Waals surface area contributed by atoms with Crippen LogP contribution in [0.3, 0.4) is 0 Å². The average molecular weight is 196 g/mol. The maximum absolute atomic E-state index is 11.1. The van der Waals surface area contributed by atoms with Crippen molar-refractivity contribution >= 4 is 6.03 Å². The van der Waals surface area contributed by atoms with Crippen molar-refractivity contribution in [3.63, 3.8) is 0 Å². The second-order valence-electron chi connectivity index (χ2n) is 3.87. The Morgan fingerprint density at radius 2 is 2.07 bits per heavy atom. The second-order valence-corrected chi connectivity index (χ2v) is 3.87. The minimum absolute atomic E-state index is 0.107. The van der Waals surface area contributed by atoms with Crippen molar-refractivity contribution in [2.24, 2.45) is 5.92 Å². The van der Waals surface area contributed by atoms with E-state index < -0.39 is 0 Å². The molecule has 0 saturated heterocycles. The average Bonchev–Trinajstić information content (AvgIpc) is 2.67. The van der Waals surface area contributed by atoms with Crippen molar-refractivity contribution in [1.29, 1.82) is 0 Å². The molecular formula is C11H20N2O. The van der Waals surface area contributed by atoms with Gasteiger partial charge in [0.15, 0.2) is 0 Å². The number of urea groups is 1. The van der Waals surface area contributed by atoms with Crippen LogP contribution in [0.2, 0.25) is 0 Å². The molecule has 14 heavy (non-hydrogen) atoms. The van der Waals surface area contributed by atoms with Gasteiger partial charge in [0, 0.05) is 12.7 Å². The number of carbonyl (C=O) groups is 1. The van der Waals surface area contributed by atoms with E-state index in [9.17, 15) is 4.79 Å². The number of hydrogen-bond donors (Lipinski definition) is 2. The van der Waals surface area contributed by atoms with Crippen LogP contribution in [-0.4, -0.2) is 12.6 Å². The molecule has 0 radical (unpaired) electrons. The lowest BCUT2D eigenvalue weighted by atomic mass is 10.0. The number of allylic oxidation sites excluding steroid dienone is 1. The molecule has 3 nitrogen and oxygen atoms in total. The molecule has 2 N–H and O–H groups in total. The van der Waals surface area contributed by atoms with Crippen LogP contribution in [0.5, 0.6) is 0 Å². The number of hydrogen-bond acceptors (Lipinski definition) is 1. The van der Waals surface area contributed by atoms with Crippen LogP contribution in [0, 0.1) is 5.92 Å². The Morgan fingerprint density at radius 3 is 2.64 bits per heavy atom. The summed E-state index contributed by atoms with van der Waals surface area (Å²) in [5.41, 5.74) is 1.30. The van der Waals surface area contributed by atoms with E-state index in [0.29, 0.717) is 12.5 Å². The third-order valence-corrected chi connectivity index (χ3v) is 2.77. The van der Waals surface area contributed by atoms with E-state index in [0.717, 1.165) is 0 Å². The van der Waals surface area contributed by atoms with Gasteiger partial charge < -0.3 is 10.6 Å². The quantitative estimate of drug-likeness (QED) is 0.715. The first-order valence-electron chi connectivity index (χ1n) is 5.45. The van der Waals surface area contributed by atoms with E-state index in [-0.39, 0.29) is 6.03 Å². The monoisotopic (exact) mass is 196 g/mol. The van der Waals surface area contributed by atoms with Crippen molar-refractivity contribution in [2.75, 3.05) is 6.54 Å². The zero-order valence-electron chi connectivity index (χ0n) is 9.10. The predicted octanol–water partition coefficient (Wildman–Crippen LogP) is 2.40. The summed E-state index contributed by atoms with van der Waals surface area (Å²) in [7, 11) is 0. The zero-order valence-corrected chi connectivity index (χ0v) is 9.10. The van der Waals surface area contributed by atoms with Crippen LogP contribution in [0.4, 0.5) is 4.79 Å². The number of carbonyl (C=O) groups excluding carboxylic acids is 1. The molecule has 0 atom stereocenters. The minimum atomic E-state index is -0.107. The van der Waals surface area contributed by atoms with Gasteiger partial charge in [-0.1, -0.05) is 18.4 Å². The molecule has 0 heterocycles. The third kappa shape index (κ3) is 3.40. The van der Waals surface area contributed by atoms with Crippen LogP contribution in [0.1, 0.15) is 39.5 Å². The van der Waals surface area contributed by atoms with Gasteiger partial charge in [-0.05, 0) is 32.6 Å². The Hall–Kier alpha value is -0.990. The van der Waals surface area contributed by atoms with E-state index in [1.165, 1.54) is 31.3 Å². The lowest BCUT2D eigenvalue weighted by Gasteiger charge is -2.09. The first-order chi connectivity index (χ1) is 6.74. The Morgan fingerprint density at radius 1 is 1.43 bits per heavy atom. The summed E-state index contributed by atoms with van der Waals surface area (Å²) >= 11 is 0. The molecular weight excluding hydrogens is 176 g/mol. The van der Waals surface area contributed by atoms with E-state index in [2.05, 4.69) is 17.6 Å². The fourth-order valence-electron chi connectivity index (χ4n) is 1.89. The molecule has 0 aliphatic heterocycles. The molecule has 0 aromatic rings. The predicted molar refractivity (Wildman–Crippen MR) is 57.9 cm³/mol. The first kappa shape index (κ1) is 11.1. The summed E-state index contributed by atoms with van der Waals surface area (Å²) in [6.45, 7) is 4.68. The smallest absolute Gasteiger partial charge is 0.318 e. The van der Waals surface area contributed by atoms with Crippen LogP contribution >= 0.6 is 0 Å².